The molecule has 3 aromatic carbocycles. The van der Waals surface area contributed by atoms with E-state index < -0.39 is 23.3 Å². The topological polar surface area (TPSA) is 0 Å². The zero-order chi connectivity index (χ0) is 22.7. The molecule has 1 aliphatic rings. The Kier molecular flexibility index (Phi) is 7.17. The van der Waals surface area contributed by atoms with Crippen LogP contribution in [-0.4, -0.2) is 0 Å². The molecule has 0 heterocycles. The highest BCUT2D eigenvalue weighted by Crippen LogP contribution is 2.35. The average molecular weight is 443 g/mol. The molecule has 3 aromatic rings. The van der Waals surface area contributed by atoms with Crippen LogP contribution < -0.4 is 0 Å². The van der Waals surface area contributed by atoms with E-state index in [0.717, 1.165) is 42.2 Å². The summed E-state index contributed by atoms with van der Waals surface area (Å²) in [6.45, 7) is 2.25. The van der Waals surface area contributed by atoms with Gasteiger partial charge in [0.1, 0.15) is 5.82 Å². The normalized spacial score (nSPS) is 18.9. The van der Waals surface area contributed by atoms with Gasteiger partial charge in [0.25, 0.3) is 0 Å². The van der Waals surface area contributed by atoms with Crippen LogP contribution in [0.15, 0.2) is 42.5 Å². The lowest BCUT2D eigenvalue weighted by Gasteiger charge is -2.28. The van der Waals surface area contributed by atoms with Crippen molar-refractivity contribution in [2.45, 2.75) is 64.7 Å². The lowest BCUT2D eigenvalue weighted by Crippen LogP contribution is -2.15. The van der Waals surface area contributed by atoms with Gasteiger partial charge in [0, 0.05) is 10.9 Å². The summed E-state index contributed by atoms with van der Waals surface area (Å²) in [6.07, 6.45) is 11.4. The number of hydrogen-bond acceptors (Lipinski definition) is 0. The first-order valence-electron chi connectivity index (χ1n) is 11.8. The number of rotatable bonds is 7. The molecule has 170 valence electrons. The van der Waals surface area contributed by atoms with Gasteiger partial charge in [-0.1, -0.05) is 82.2 Å². The first-order chi connectivity index (χ1) is 15.5. The van der Waals surface area contributed by atoms with E-state index in [-0.39, 0.29) is 11.1 Å². The molecule has 4 rings (SSSR count). The van der Waals surface area contributed by atoms with E-state index in [1.54, 1.807) is 12.1 Å². The number of halogens is 4. The summed E-state index contributed by atoms with van der Waals surface area (Å²) in [5.74, 6) is -3.07. The fourth-order valence-corrected chi connectivity index (χ4v) is 5.10. The molecule has 0 spiro atoms. The van der Waals surface area contributed by atoms with Gasteiger partial charge < -0.3 is 0 Å². The van der Waals surface area contributed by atoms with E-state index in [2.05, 4.69) is 6.92 Å². The highest BCUT2D eigenvalue weighted by Gasteiger charge is 2.21. The molecule has 0 amide bonds. The Morgan fingerprint density at radius 2 is 1.41 bits per heavy atom. The van der Waals surface area contributed by atoms with E-state index in [4.69, 9.17) is 0 Å². The lowest BCUT2D eigenvalue weighted by atomic mass is 9.78. The molecule has 0 N–H and O–H groups in total. The zero-order valence-corrected chi connectivity index (χ0v) is 18.6. The Balaban J connectivity index is 1.45. The van der Waals surface area contributed by atoms with Crippen molar-refractivity contribution in [3.05, 3.63) is 71.3 Å². The third kappa shape index (κ3) is 5.00. The van der Waals surface area contributed by atoms with Crippen LogP contribution in [-0.2, 0) is 6.42 Å². The smallest absolute Gasteiger partial charge is 0.194 e. The molecule has 1 saturated carbocycles. The fraction of sp³-hybridized carbons (Fsp3) is 0.429. The molecule has 0 aliphatic heterocycles. The van der Waals surface area contributed by atoms with Crippen molar-refractivity contribution < 1.29 is 17.6 Å². The summed E-state index contributed by atoms with van der Waals surface area (Å²) in [5, 5.41) is 1.16. The highest BCUT2D eigenvalue weighted by molar-refractivity contribution is 5.88. The lowest BCUT2D eigenvalue weighted by molar-refractivity contribution is 0.250. The van der Waals surface area contributed by atoms with Crippen LogP contribution in [0.25, 0.3) is 21.9 Å². The van der Waals surface area contributed by atoms with Crippen LogP contribution in [0.4, 0.5) is 17.6 Å². The second-order valence-electron chi connectivity index (χ2n) is 9.30. The minimum absolute atomic E-state index is 0.0144. The summed E-state index contributed by atoms with van der Waals surface area (Å²) in [5.41, 5.74) is 1.22. The van der Waals surface area contributed by atoms with Gasteiger partial charge in [0.2, 0.25) is 0 Å². The van der Waals surface area contributed by atoms with Crippen LogP contribution in [0.5, 0.6) is 0 Å². The molecule has 0 atom stereocenters. The number of aryl methyl sites for hydroxylation is 1. The van der Waals surface area contributed by atoms with Gasteiger partial charge in [-0.3, -0.25) is 0 Å². The van der Waals surface area contributed by atoms with Crippen LogP contribution in [0.2, 0.25) is 0 Å². The van der Waals surface area contributed by atoms with E-state index in [9.17, 15) is 13.2 Å². The van der Waals surface area contributed by atoms with Gasteiger partial charge in [-0.2, -0.15) is 0 Å². The monoisotopic (exact) mass is 442 g/mol. The van der Waals surface area contributed by atoms with Gasteiger partial charge >= 0.3 is 0 Å². The Hall–Kier alpha value is -2.36. The fourth-order valence-electron chi connectivity index (χ4n) is 5.10. The maximum atomic E-state index is 15.1. The Labute approximate surface area is 187 Å². The molecule has 0 radical (unpaired) electrons. The van der Waals surface area contributed by atoms with Gasteiger partial charge in [-0.25, -0.2) is 17.6 Å². The SMILES string of the molecule is CCCCC1CCC(CCc2ccc3c(F)c(-c4cc(F)c(F)c(F)c4)ccc3c2)CC1. The van der Waals surface area contributed by atoms with Gasteiger partial charge in [0.05, 0.1) is 0 Å². The van der Waals surface area contributed by atoms with Crippen molar-refractivity contribution in [2.75, 3.05) is 0 Å². The molecule has 4 heteroatoms. The summed E-state index contributed by atoms with van der Waals surface area (Å²) in [7, 11) is 0. The number of unbranched alkanes of at least 4 members (excludes halogenated alkanes) is 1. The molecule has 0 nitrogen and oxygen atoms in total. The predicted molar refractivity (Wildman–Crippen MR) is 123 cm³/mol. The van der Waals surface area contributed by atoms with Crippen molar-refractivity contribution in [3.63, 3.8) is 0 Å². The molecule has 0 saturated heterocycles. The first-order valence-corrected chi connectivity index (χ1v) is 11.8. The average Bonchev–Trinajstić information content (AvgIpc) is 2.80. The standard InChI is InChI=1S/C28H30F4/c1-2-3-4-18-5-7-19(8-6-18)9-10-20-11-13-23-21(15-20)12-14-24(27(23)31)22-16-25(29)28(32)26(30)17-22/h11-19H,2-10H2,1H3. The van der Waals surface area contributed by atoms with E-state index in [1.165, 1.54) is 56.6 Å². The van der Waals surface area contributed by atoms with Crippen molar-refractivity contribution in [3.8, 4) is 11.1 Å². The third-order valence-electron chi connectivity index (χ3n) is 7.09. The van der Waals surface area contributed by atoms with Crippen LogP contribution in [0.1, 0.15) is 63.9 Å². The minimum Gasteiger partial charge on any atom is -0.206 e. The molecule has 1 aliphatic carbocycles. The summed E-state index contributed by atoms with van der Waals surface area (Å²) >= 11 is 0. The second kappa shape index (κ2) is 10.1. The first kappa shape index (κ1) is 22.8. The molecular formula is C28H30F4. The quantitative estimate of drug-likeness (QED) is 0.253. The summed E-state index contributed by atoms with van der Waals surface area (Å²) < 4.78 is 55.6. The number of fused-ring (bicyclic) bond motifs is 1. The largest absolute Gasteiger partial charge is 0.206 e. The van der Waals surface area contributed by atoms with E-state index in [0.29, 0.717) is 5.39 Å². The maximum Gasteiger partial charge on any atom is 0.194 e. The third-order valence-corrected chi connectivity index (χ3v) is 7.09. The molecule has 0 bridgehead atoms. The predicted octanol–water partition coefficient (Wildman–Crippen LogP) is 8.99. The molecular weight excluding hydrogens is 412 g/mol. The second-order valence-corrected chi connectivity index (χ2v) is 9.30. The zero-order valence-electron chi connectivity index (χ0n) is 18.6. The Morgan fingerprint density at radius 3 is 2.06 bits per heavy atom. The molecule has 0 aromatic heterocycles. The molecule has 32 heavy (non-hydrogen) atoms. The van der Waals surface area contributed by atoms with E-state index >= 15 is 4.39 Å². The maximum absolute atomic E-state index is 15.1. The summed E-state index contributed by atoms with van der Waals surface area (Å²) in [6, 6.07) is 10.6. The van der Waals surface area contributed by atoms with E-state index in [1.807, 2.05) is 12.1 Å². The molecule has 0 unspecified atom stereocenters. The minimum atomic E-state index is -1.55. The Morgan fingerprint density at radius 1 is 0.750 bits per heavy atom. The van der Waals surface area contributed by atoms with Crippen molar-refractivity contribution in [2.24, 2.45) is 11.8 Å². The van der Waals surface area contributed by atoms with Crippen molar-refractivity contribution in [1.29, 1.82) is 0 Å². The summed E-state index contributed by atoms with van der Waals surface area (Å²) in [4.78, 5) is 0. The number of benzene rings is 3. The van der Waals surface area contributed by atoms with Crippen molar-refractivity contribution in [1.82, 2.24) is 0 Å². The van der Waals surface area contributed by atoms with Gasteiger partial charge in [0.15, 0.2) is 17.5 Å². The molecule has 1 fully saturated rings. The van der Waals surface area contributed by atoms with Crippen LogP contribution in [0, 0.1) is 35.1 Å². The van der Waals surface area contributed by atoms with Crippen molar-refractivity contribution >= 4 is 10.8 Å². The van der Waals surface area contributed by atoms with Crippen LogP contribution >= 0.6 is 0 Å². The Bertz CT molecular complexity index is 1060. The van der Waals surface area contributed by atoms with Gasteiger partial charge in [-0.15, -0.1) is 0 Å². The highest BCUT2D eigenvalue weighted by atomic mass is 19.2. The number of hydrogen-bond donors (Lipinski definition) is 0. The van der Waals surface area contributed by atoms with Gasteiger partial charge in [-0.05, 0) is 53.3 Å². The van der Waals surface area contributed by atoms with Crippen LogP contribution in [0.3, 0.4) is 0 Å².